The molecule has 3 heteroatoms. The molecule has 0 saturated carbocycles. The Morgan fingerprint density at radius 3 is 2.58 bits per heavy atom. The van der Waals surface area contributed by atoms with Crippen LogP contribution in [-0.2, 0) is 4.74 Å². The Morgan fingerprint density at radius 1 is 1.05 bits per heavy atom. The van der Waals surface area contributed by atoms with Gasteiger partial charge in [0.2, 0.25) is 5.90 Å². The van der Waals surface area contributed by atoms with Crippen molar-refractivity contribution in [3.05, 3.63) is 65.7 Å². The minimum absolute atomic E-state index is 0.0983. The molecule has 2 aromatic carbocycles. The van der Waals surface area contributed by atoms with Gasteiger partial charge in [-0.25, -0.2) is 4.99 Å². The normalized spacial score (nSPS) is 17.7. The summed E-state index contributed by atoms with van der Waals surface area (Å²) in [5.41, 5.74) is 3.25. The van der Waals surface area contributed by atoms with E-state index >= 15 is 0 Å². The minimum atomic E-state index is 0.0983. The number of ether oxygens (including phenoxy) is 1. The summed E-state index contributed by atoms with van der Waals surface area (Å²) in [6.07, 6.45) is 0. The highest BCUT2D eigenvalue weighted by Crippen LogP contribution is 2.27. The van der Waals surface area contributed by atoms with Gasteiger partial charge in [-0.2, -0.15) is 0 Å². The molecule has 0 bridgehead atoms. The molecule has 1 N–H and O–H groups in total. The number of para-hydroxylation sites is 1. The van der Waals surface area contributed by atoms with Gasteiger partial charge in [-0.1, -0.05) is 42.5 Å². The van der Waals surface area contributed by atoms with Gasteiger partial charge in [-0.3, -0.25) is 0 Å². The first-order valence-electron chi connectivity index (χ1n) is 6.41. The molecular formula is C16H16N2O. The lowest BCUT2D eigenvalue weighted by Gasteiger charge is -2.07. The lowest BCUT2D eigenvalue weighted by Crippen LogP contribution is -2.05. The third-order valence-electron chi connectivity index (χ3n) is 3.26. The monoisotopic (exact) mass is 252 g/mol. The van der Waals surface area contributed by atoms with E-state index in [0.29, 0.717) is 6.61 Å². The SMILES string of the molecule is CNc1ccccc1C1=NC(c2ccccc2)CO1. The van der Waals surface area contributed by atoms with Crippen LogP contribution in [0.1, 0.15) is 17.2 Å². The van der Waals surface area contributed by atoms with Gasteiger partial charge in [-0.05, 0) is 17.7 Å². The topological polar surface area (TPSA) is 33.6 Å². The molecule has 0 fully saturated rings. The van der Waals surface area contributed by atoms with Crippen molar-refractivity contribution in [1.82, 2.24) is 0 Å². The smallest absolute Gasteiger partial charge is 0.219 e. The Labute approximate surface area is 113 Å². The second-order valence-corrected chi connectivity index (χ2v) is 4.47. The summed E-state index contributed by atoms with van der Waals surface area (Å²) in [4.78, 5) is 4.69. The summed E-state index contributed by atoms with van der Waals surface area (Å²) in [5.74, 6) is 0.721. The predicted molar refractivity (Wildman–Crippen MR) is 77.7 cm³/mol. The molecule has 0 aliphatic carbocycles. The predicted octanol–water partition coefficient (Wildman–Crippen LogP) is 3.25. The van der Waals surface area contributed by atoms with Crippen LogP contribution in [0.15, 0.2) is 59.6 Å². The van der Waals surface area contributed by atoms with Crippen molar-refractivity contribution in [2.45, 2.75) is 6.04 Å². The highest BCUT2D eigenvalue weighted by atomic mass is 16.5. The fourth-order valence-electron chi connectivity index (χ4n) is 2.25. The second-order valence-electron chi connectivity index (χ2n) is 4.47. The van der Waals surface area contributed by atoms with Crippen molar-refractivity contribution in [1.29, 1.82) is 0 Å². The van der Waals surface area contributed by atoms with Crippen LogP contribution in [0.3, 0.4) is 0 Å². The van der Waals surface area contributed by atoms with Gasteiger partial charge in [0.1, 0.15) is 12.6 Å². The minimum Gasteiger partial charge on any atom is -0.475 e. The van der Waals surface area contributed by atoms with E-state index in [0.717, 1.165) is 17.1 Å². The average Bonchev–Trinajstić information content (AvgIpc) is 2.98. The van der Waals surface area contributed by atoms with Gasteiger partial charge in [0.25, 0.3) is 0 Å². The second kappa shape index (κ2) is 5.14. The maximum atomic E-state index is 5.76. The van der Waals surface area contributed by atoms with Gasteiger partial charge < -0.3 is 10.1 Å². The number of anilines is 1. The largest absolute Gasteiger partial charge is 0.475 e. The van der Waals surface area contributed by atoms with E-state index < -0.39 is 0 Å². The van der Waals surface area contributed by atoms with Gasteiger partial charge in [0.15, 0.2) is 0 Å². The molecule has 0 aromatic heterocycles. The van der Waals surface area contributed by atoms with Crippen LogP contribution in [0.25, 0.3) is 0 Å². The number of hydrogen-bond donors (Lipinski definition) is 1. The van der Waals surface area contributed by atoms with Crippen LogP contribution in [-0.4, -0.2) is 19.6 Å². The molecular weight excluding hydrogens is 236 g/mol. The van der Waals surface area contributed by atoms with Crippen LogP contribution >= 0.6 is 0 Å². The molecule has 1 atom stereocenters. The lowest BCUT2D eigenvalue weighted by molar-refractivity contribution is 0.320. The number of rotatable bonds is 3. The summed E-state index contributed by atoms with van der Waals surface area (Å²) < 4.78 is 5.76. The zero-order valence-corrected chi connectivity index (χ0v) is 10.8. The van der Waals surface area contributed by atoms with Crippen molar-refractivity contribution in [3.8, 4) is 0 Å². The molecule has 96 valence electrons. The zero-order valence-electron chi connectivity index (χ0n) is 10.8. The summed E-state index contributed by atoms with van der Waals surface area (Å²) in [7, 11) is 1.91. The Bertz CT molecular complexity index is 593. The van der Waals surface area contributed by atoms with E-state index in [2.05, 4.69) is 17.4 Å². The highest BCUT2D eigenvalue weighted by Gasteiger charge is 2.22. The summed E-state index contributed by atoms with van der Waals surface area (Å²) >= 11 is 0. The molecule has 1 aliphatic heterocycles. The molecule has 0 radical (unpaired) electrons. The molecule has 19 heavy (non-hydrogen) atoms. The lowest BCUT2D eigenvalue weighted by atomic mass is 10.1. The number of aliphatic imine (C=N–C) groups is 1. The Morgan fingerprint density at radius 2 is 1.79 bits per heavy atom. The van der Waals surface area contributed by atoms with Gasteiger partial charge in [0, 0.05) is 12.7 Å². The van der Waals surface area contributed by atoms with E-state index in [1.165, 1.54) is 5.56 Å². The molecule has 3 rings (SSSR count). The van der Waals surface area contributed by atoms with Crippen LogP contribution in [0.4, 0.5) is 5.69 Å². The first kappa shape index (κ1) is 11.8. The van der Waals surface area contributed by atoms with Gasteiger partial charge in [0.05, 0.1) is 5.56 Å². The highest BCUT2D eigenvalue weighted by molar-refractivity contribution is 6.00. The summed E-state index contributed by atoms with van der Waals surface area (Å²) in [6, 6.07) is 18.4. The average molecular weight is 252 g/mol. The van der Waals surface area contributed by atoms with Crippen LogP contribution < -0.4 is 5.32 Å². The van der Waals surface area contributed by atoms with Crippen molar-refractivity contribution < 1.29 is 4.74 Å². The van der Waals surface area contributed by atoms with E-state index in [-0.39, 0.29) is 6.04 Å². The molecule has 1 heterocycles. The maximum absolute atomic E-state index is 5.76. The van der Waals surface area contributed by atoms with Crippen molar-refractivity contribution in [2.24, 2.45) is 4.99 Å². The van der Waals surface area contributed by atoms with E-state index in [4.69, 9.17) is 9.73 Å². The fraction of sp³-hybridized carbons (Fsp3) is 0.188. The number of nitrogens with zero attached hydrogens (tertiary/aromatic N) is 1. The molecule has 3 nitrogen and oxygen atoms in total. The van der Waals surface area contributed by atoms with E-state index in [1.54, 1.807) is 0 Å². The molecule has 1 unspecified atom stereocenters. The molecule has 0 spiro atoms. The molecule has 1 aliphatic rings. The standard InChI is InChI=1S/C16H16N2O/c1-17-14-10-6-5-9-13(14)16-18-15(11-19-16)12-7-3-2-4-8-12/h2-10,15,17H,11H2,1H3. The Kier molecular flexibility index (Phi) is 3.19. The zero-order chi connectivity index (χ0) is 13.1. The van der Waals surface area contributed by atoms with E-state index in [9.17, 15) is 0 Å². The number of hydrogen-bond acceptors (Lipinski definition) is 3. The maximum Gasteiger partial charge on any atom is 0.219 e. The molecule has 2 aromatic rings. The first-order valence-corrected chi connectivity index (χ1v) is 6.41. The van der Waals surface area contributed by atoms with Crippen LogP contribution in [0.5, 0.6) is 0 Å². The van der Waals surface area contributed by atoms with Crippen molar-refractivity contribution >= 4 is 11.6 Å². The van der Waals surface area contributed by atoms with E-state index in [1.807, 2.05) is 49.5 Å². The Hall–Kier alpha value is -2.29. The summed E-state index contributed by atoms with van der Waals surface area (Å²) in [5, 5.41) is 3.17. The number of benzene rings is 2. The molecule has 0 amide bonds. The third kappa shape index (κ3) is 2.32. The quantitative estimate of drug-likeness (QED) is 0.909. The van der Waals surface area contributed by atoms with Gasteiger partial charge >= 0.3 is 0 Å². The third-order valence-corrected chi connectivity index (χ3v) is 3.26. The van der Waals surface area contributed by atoms with Crippen LogP contribution in [0.2, 0.25) is 0 Å². The first-order chi connectivity index (χ1) is 9.38. The molecule has 0 saturated heterocycles. The van der Waals surface area contributed by atoms with Crippen LogP contribution in [0, 0.1) is 0 Å². The summed E-state index contributed by atoms with van der Waals surface area (Å²) in [6.45, 7) is 0.609. The fourth-order valence-corrected chi connectivity index (χ4v) is 2.25. The Balaban J connectivity index is 1.91. The van der Waals surface area contributed by atoms with Crippen molar-refractivity contribution in [2.75, 3.05) is 19.0 Å². The van der Waals surface area contributed by atoms with Gasteiger partial charge in [-0.15, -0.1) is 0 Å². The number of nitrogens with one attached hydrogen (secondary N) is 1. The van der Waals surface area contributed by atoms with Crippen molar-refractivity contribution in [3.63, 3.8) is 0 Å².